The summed E-state index contributed by atoms with van der Waals surface area (Å²) < 4.78 is 4.97. The summed E-state index contributed by atoms with van der Waals surface area (Å²) in [6, 6.07) is 1.84. The van der Waals surface area contributed by atoms with Gasteiger partial charge in [0.2, 0.25) is 0 Å². The first-order valence-electron chi connectivity index (χ1n) is 4.67. The Hall–Kier alpha value is -0.130. The minimum Gasteiger partial charge on any atom is -0.390 e. The molecule has 3 nitrogen and oxygen atoms in total. The van der Waals surface area contributed by atoms with Gasteiger partial charge in [-0.2, -0.15) is 0 Å². The van der Waals surface area contributed by atoms with E-state index in [1.54, 1.807) is 7.11 Å². The molecule has 0 fully saturated rings. The average molecular weight is 251 g/mol. The summed E-state index contributed by atoms with van der Waals surface area (Å²) in [5.74, 6) is 0.341. The Morgan fingerprint density at radius 3 is 2.87 bits per heavy atom. The number of aliphatic hydroxyl groups is 2. The quantitative estimate of drug-likeness (QED) is 0.759. The monoisotopic (exact) mass is 250 g/mol. The molecule has 2 atom stereocenters. The maximum atomic E-state index is 9.76. The van der Waals surface area contributed by atoms with Gasteiger partial charge in [-0.15, -0.1) is 22.9 Å². The number of ether oxygens (including phenoxy) is 1. The smallest absolute Gasteiger partial charge is 0.106 e. The lowest BCUT2D eigenvalue weighted by Gasteiger charge is -2.15. The van der Waals surface area contributed by atoms with Gasteiger partial charge < -0.3 is 14.9 Å². The molecule has 0 bridgehead atoms. The largest absolute Gasteiger partial charge is 0.390 e. The number of halogens is 1. The highest BCUT2D eigenvalue weighted by atomic mass is 35.5. The molecule has 0 radical (unpaired) electrons. The SMILES string of the molecule is COCc1cc(C(O)C(O)CCCl)cs1. The highest BCUT2D eigenvalue weighted by Crippen LogP contribution is 2.25. The van der Waals surface area contributed by atoms with E-state index in [9.17, 15) is 10.2 Å². The lowest BCUT2D eigenvalue weighted by molar-refractivity contribution is 0.0172. The maximum absolute atomic E-state index is 9.76. The lowest BCUT2D eigenvalue weighted by Crippen LogP contribution is -2.18. The minimum absolute atomic E-state index is 0.341. The third kappa shape index (κ3) is 3.74. The first-order chi connectivity index (χ1) is 7.19. The molecule has 2 N–H and O–H groups in total. The molecular formula is C10H15ClO3S. The number of hydrogen-bond acceptors (Lipinski definition) is 4. The molecule has 0 aromatic carbocycles. The Labute approximate surface area is 98.3 Å². The number of aliphatic hydroxyl groups excluding tert-OH is 2. The van der Waals surface area contributed by atoms with Crippen molar-refractivity contribution in [3.05, 3.63) is 21.9 Å². The predicted octanol–water partition coefficient (Wildman–Crippen LogP) is 1.92. The zero-order valence-electron chi connectivity index (χ0n) is 8.52. The second-order valence-corrected chi connectivity index (χ2v) is 4.64. The van der Waals surface area contributed by atoms with Crippen LogP contribution in [0, 0.1) is 0 Å². The summed E-state index contributed by atoms with van der Waals surface area (Å²) in [5.41, 5.74) is 0.727. The molecule has 5 heteroatoms. The normalized spacial score (nSPS) is 15.2. The minimum atomic E-state index is -0.856. The highest BCUT2D eigenvalue weighted by Gasteiger charge is 2.18. The number of alkyl halides is 1. The van der Waals surface area contributed by atoms with E-state index in [1.165, 1.54) is 11.3 Å². The van der Waals surface area contributed by atoms with Crippen molar-refractivity contribution < 1.29 is 14.9 Å². The van der Waals surface area contributed by atoms with Gasteiger partial charge in [-0.25, -0.2) is 0 Å². The van der Waals surface area contributed by atoms with E-state index >= 15 is 0 Å². The number of hydrogen-bond donors (Lipinski definition) is 2. The van der Waals surface area contributed by atoms with Crippen molar-refractivity contribution >= 4 is 22.9 Å². The van der Waals surface area contributed by atoms with Crippen molar-refractivity contribution in [2.75, 3.05) is 13.0 Å². The molecule has 0 amide bonds. The Morgan fingerprint density at radius 2 is 2.27 bits per heavy atom. The zero-order valence-corrected chi connectivity index (χ0v) is 10.1. The van der Waals surface area contributed by atoms with Crippen molar-refractivity contribution in [3.63, 3.8) is 0 Å². The van der Waals surface area contributed by atoms with Crippen LogP contribution in [0.15, 0.2) is 11.4 Å². The van der Waals surface area contributed by atoms with Crippen molar-refractivity contribution in [2.45, 2.75) is 25.2 Å². The summed E-state index contributed by atoms with van der Waals surface area (Å²) in [7, 11) is 1.62. The third-order valence-corrected chi connectivity index (χ3v) is 3.22. The molecule has 0 spiro atoms. The fourth-order valence-electron chi connectivity index (χ4n) is 1.26. The van der Waals surface area contributed by atoms with E-state index in [4.69, 9.17) is 16.3 Å². The van der Waals surface area contributed by atoms with Crippen LogP contribution in [0.5, 0.6) is 0 Å². The Kier molecular flexibility index (Phi) is 5.56. The average Bonchev–Trinajstić information content (AvgIpc) is 2.66. The summed E-state index contributed by atoms with van der Waals surface area (Å²) in [6.07, 6.45) is -1.27. The van der Waals surface area contributed by atoms with Gasteiger partial charge in [0.05, 0.1) is 12.7 Å². The van der Waals surface area contributed by atoms with Crippen LogP contribution in [0.25, 0.3) is 0 Å². The van der Waals surface area contributed by atoms with E-state index in [0.717, 1.165) is 10.4 Å². The third-order valence-electron chi connectivity index (χ3n) is 2.07. The van der Waals surface area contributed by atoms with E-state index in [2.05, 4.69) is 0 Å². The standard InChI is InChI=1S/C10H15ClO3S/c1-14-5-8-4-7(6-15-8)10(13)9(12)2-3-11/h4,6,9-10,12-13H,2-3,5H2,1H3. The van der Waals surface area contributed by atoms with E-state index < -0.39 is 12.2 Å². The Morgan fingerprint density at radius 1 is 1.53 bits per heavy atom. The van der Waals surface area contributed by atoms with Crippen LogP contribution < -0.4 is 0 Å². The topological polar surface area (TPSA) is 49.7 Å². The van der Waals surface area contributed by atoms with Crippen LogP contribution in [0.2, 0.25) is 0 Å². The molecule has 0 aliphatic carbocycles. The molecule has 2 unspecified atom stereocenters. The molecule has 1 heterocycles. The van der Waals surface area contributed by atoms with Crippen LogP contribution in [0.3, 0.4) is 0 Å². The van der Waals surface area contributed by atoms with Crippen LogP contribution >= 0.6 is 22.9 Å². The van der Waals surface area contributed by atoms with E-state index in [1.807, 2.05) is 11.4 Å². The maximum Gasteiger partial charge on any atom is 0.106 e. The fraction of sp³-hybridized carbons (Fsp3) is 0.600. The van der Waals surface area contributed by atoms with Crippen molar-refractivity contribution in [3.8, 4) is 0 Å². The molecule has 86 valence electrons. The molecule has 1 rings (SSSR count). The summed E-state index contributed by atoms with van der Waals surface area (Å²) in [4.78, 5) is 1.03. The van der Waals surface area contributed by atoms with Crippen LogP contribution in [-0.2, 0) is 11.3 Å². The van der Waals surface area contributed by atoms with Gasteiger partial charge in [-0.1, -0.05) is 0 Å². The van der Waals surface area contributed by atoms with Gasteiger partial charge in [0, 0.05) is 17.9 Å². The molecule has 1 aromatic heterocycles. The molecule has 0 saturated carbocycles. The summed E-state index contributed by atoms with van der Waals surface area (Å²) in [5, 5.41) is 21.1. The van der Waals surface area contributed by atoms with Crippen molar-refractivity contribution in [2.24, 2.45) is 0 Å². The molecule has 0 saturated heterocycles. The van der Waals surface area contributed by atoms with Gasteiger partial charge in [-0.05, 0) is 23.4 Å². The van der Waals surface area contributed by atoms with Crippen LogP contribution in [-0.4, -0.2) is 29.3 Å². The van der Waals surface area contributed by atoms with E-state index in [-0.39, 0.29) is 0 Å². The Balaban J connectivity index is 2.60. The molecule has 0 aliphatic heterocycles. The van der Waals surface area contributed by atoms with Crippen LogP contribution in [0.1, 0.15) is 23.0 Å². The number of thiophene rings is 1. The second-order valence-electron chi connectivity index (χ2n) is 3.27. The molecule has 1 aromatic rings. The first kappa shape index (κ1) is 12.9. The molecular weight excluding hydrogens is 236 g/mol. The summed E-state index contributed by atoms with van der Waals surface area (Å²) >= 11 is 7.00. The lowest BCUT2D eigenvalue weighted by atomic mass is 10.1. The second kappa shape index (κ2) is 6.45. The van der Waals surface area contributed by atoms with Crippen molar-refractivity contribution in [1.29, 1.82) is 0 Å². The van der Waals surface area contributed by atoms with Gasteiger partial charge in [0.25, 0.3) is 0 Å². The number of rotatable bonds is 6. The highest BCUT2D eigenvalue weighted by molar-refractivity contribution is 7.10. The van der Waals surface area contributed by atoms with Gasteiger partial charge in [-0.3, -0.25) is 0 Å². The van der Waals surface area contributed by atoms with Gasteiger partial charge in [0.1, 0.15) is 6.10 Å². The zero-order chi connectivity index (χ0) is 11.3. The summed E-state index contributed by atoms with van der Waals surface area (Å²) in [6.45, 7) is 0.531. The van der Waals surface area contributed by atoms with Gasteiger partial charge in [0.15, 0.2) is 0 Å². The van der Waals surface area contributed by atoms with Crippen molar-refractivity contribution in [1.82, 2.24) is 0 Å². The van der Waals surface area contributed by atoms with Gasteiger partial charge >= 0.3 is 0 Å². The predicted molar refractivity (Wildman–Crippen MR) is 61.3 cm³/mol. The molecule has 15 heavy (non-hydrogen) atoms. The van der Waals surface area contributed by atoms with E-state index in [0.29, 0.717) is 18.9 Å². The van der Waals surface area contributed by atoms with Crippen LogP contribution in [0.4, 0.5) is 0 Å². The molecule has 0 aliphatic rings. The number of methoxy groups -OCH3 is 1. The first-order valence-corrected chi connectivity index (χ1v) is 6.08. The fourth-order valence-corrected chi connectivity index (χ4v) is 2.37. The Bertz CT molecular complexity index is 290.